The number of nitrogens with zero attached hydrogens (tertiary/aromatic N) is 2. The summed E-state index contributed by atoms with van der Waals surface area (Å²) in [6.45, 7) is 5.64. The van der Waals surface area contributed by atoms with Crippen LogP contribution >= 0.6 is 0 Å². The Labute approximate surface area is 84.9 Å². The van der Waals surface area contributed by atoms with Crippen molar-refractivity contribution in [1.82, 2.24) is 10.0 Å². The highest BCUT2D eigenvalue weighted by Crippen LogP contribution is 2.16. The average Bonchev–Trinajstić information content (AvgIpc) is 2.19. The van der Waals surface area contributed by atoms with Gasteiger partial charge in [0.2, 0.25) is 0 Å². The van der Waals surface area contributed by atoms with Crippen molar-refractivity contribution in [3.05, 3.63) is 0 Å². The first-order chi connectivity index (χ1) is 6.67. The maximum Gasteiger partial charge on any atom is 0.0662 e. The summed E-state index contributed by atoms with van der Waals surface area (Å²) in [5.41, 5.74) is 11.3. The molecule has 2 aliphatic heterocycles. The lowest BCUT2D eigenvalue weighted by Gasteiger charge is -2.43. The number of ether oxygens (including phenoxy) is 1. The molecule has 82 valence electrons. The first-order valence-corrected chi connectivity index (χ1v) is 5.33. The van der Waals surface area contributed by atoms with E-state index in [-0.39, 0.29) is 0 Å². The van der Waals surface area contributed by atoms with Crippen molar-refractivity contribution >= 4 is 0 Å². The molecule has 2 saturated heterocycles. The molecular formula is C9H20N4O. The Morgan fingerprint density at radius 3 is 1.93 bits per heavy atom. The van der Waals surface area contributed by atoms with Crippen LogP contribution in [-0.4, -0.2) is 55.1 Å². The van der Waals surface area contributed by atoms with Gasteiger partial charge in [-0.05, 0) is 12.8 Å². The lowest BCUT2D eigenvalue weighted by atomic mass is 10.0. The maximum absolute atomic E-state index is 5.88. The van der Waals surface area contributed by atoms with Gasteiger partial charge in [-0.3, -0.25) is 0 Å². The van der Waals surface area contributed by atoms with Crippen molar-refractivity contribution in [2.45, 2.75) is 18.5 Å². The topological polar surface area (TPSA) is 67.8 Å². The zero-order chi connectivity index (χ0) is 10.0. The Kier molecular flexibility index (Phi) is 3.04. The molecule has 5 heteroatoms. The number of hydrogen-bond donors (Lipinski definition) is 2. The number of hydrazine groups is 1. The molecule has 2 rings (SSSR count). The van der Waals surface area contributed by atoms with E-state index in [1.54, 1.807) is 0 Å². The molecule has 5 nitrogen and oxygen atoms in total. The summed E-state index contributed by atoms with van der Waals surface area (Å²) >= 11 is 0. The van der Waals surface area contributed by atoms with Crippen LogP contribution < -0.4 is 11.5 Å². The van der Waals surface area contributed by atoms with E-state index >= 15 is 0 Å². The van der Waals surface area contributed by atoms with E-state index in [1.165, 1.54) is 0 Å². The molecule has 0 unspecified atom stereocenters. The number of hydrogen-bond acceptors (Lipinski definition) is 5. The highest BCUT2D eigenvalue weighted by atomic mass is 16.5. The molecule has 4 N–H and O–H groups in total. The summed E-state index contributed by atoms with van der Waals surface area (Å²) in [4.78, 5) is 0. The van der Waals surface area contributed by atoms with Crippen LogP contribution in [0.5, 0.6) is 0 Å². The Balaban J connectivity index is 1.82. The smallest absolute Gasteiger partial charge is 0.0662 e. The van der Waals surface area contributed by atoms with Gasteiger partial charge >= 0.3 is 0 Å². The molecule has 0 aromatic carbocycles. The second-order valence-electron chi connectivity index (χ2n) is 4.25. The van der Waals surface area contributed by atoms with E-state index < -0.39 is 5.66 Å². The standard InChI is InChI=1S/C9H20N4O/c10-9(11)1-3-12(4-2-9)13-5-7-14-8-6-13/h1-8,10-11H2. The van der Waals surface area contributed by atoms with E-state index in [2.05, 4.69) is 10.0 Å². The molecule has 0 saturated carbocycles. The van der Waals surface area contributed by atoms with Crippen LogP contribution in [0.15, 0.2) is 0 Å². The fourth-order valence-corrected chi connectivity index (χ4v) is 2.03. The number of nitrogens with two attached hydrogens (primary N) is 2. The Hall–Kier alpha value is -0.200. The van der Waals surface area contributed by atoms with Crippen LogP contribution in [0.2, 0.25) is 0 Å². The molecule has 0 aliphatic carbocycles. The molecule has 2 aliphatic rings. The highest BCUT2D eigenvalue weighted by molar-refractivity contribution is 4.84. The second-order valence-corrected chi connectivity index (χ2v) is 4.25. The predicted molar refractivity (Wildman–Crippen MR) is 54.3 cm³/mol. The van der Waals surface area contributed by atoms with Gasteiger partial charge in [-0.15, -0.1) is 0 Å². The quantitative estimate of drug-likeness (QED) is 0.528. The molecule has 0 spiro atoms. The maximum atomic E-state index is 5.88. The first kappa shape index (κ1) is 10.3. The summed E-state index contributed by atoms with van der Waals surface area (Å²) in [5, 5.41) is 4.72. The van der Waals surface area contributed by atoms with Crippen molar-refractivity contribution in [2.75, 3.05) is 39.4 Å². The van der Waals surface area contributed by atoms with E-state index in [0.717, 1.165) is 52.2 Å². The van der Waals surface area contributed by atoms with Crippen LogP contribution in [-0.2, 0) is 4.74 Å². The molecule has 0 amide bonds. The van der Waals surface area contributed by atoms with E-state index in [1.807, 2.05) is 0 Å². The minimum Gasteiger partial charge on any atom is -0.379 e. The fourth-order valence-electron chi connectivity index (χ4n) is 2.03. The van der Waals surface area contributed by atoms with Gasteiger partial charge in [-0.25, -0.2) is 10.0 Å². The number of piperidine rings is 1. The summed E-state index contributed by atoms with van der Waals surface area (Å²) in [6.07, 6.45) is 1.76. The van der Waals surface area contributed by atoms with Gasteiger partial charge in [0, 0.05) is 26.2 Å². The largest absolute Gasteiger partial charge is 0.379 e. The van der Waals surface area contributed by atoms with E-state index in [4.69, 9.17) is 16.2 Å². The zero-order valence-electron chi connectivity index (χ0n) is 8.61. The monoisotopic (exact) mass is 200 g/mol. The Morgan fingerprint density at radius 1 is 0.857 bits per heavy atom. The molecule has 2 heterocycles. The van der Waals surface area contributed by atoms with Gasteiger partial charge in [-0.1, -0.05) is 0 Å². The third-order valence-corrected chi connectivity index (χ3v) is 3.06. The summed E-state index contributed by atoms with van der Waals surface area (Å²) in [6, 6.07) is 0. The molecule has 0 aromatic heterocycles. The van der Waals surface area contributed by atoms with Crippen LogP contribution in [0.4, 0.5) is 0 Å². The fraction of sp³-hybridized carbons (Fsp3) is 1.00. The van der Waals surface area contributed by atoms with Gasteiger partial charge in [0.15, 0.2) is 0 Å². The van der Waals surface area contributed by atoms with Crippen molar-refractivity contribution in [2.24, 2.45) is 11.5 Å². The minimum absolute atomic E-state index is 0.442. The first-order valence-electron chi connectivity index (χ1n) is 5.33. The van der Waals surface area contributed by atoms with Gasteiger partial charge in [0.05, 0.1) is 18.9 Å². The van der Waals surface area contributed by atoms with Crippen molar-refractivity contribution in [3.8, 4) is 0 Å². The van der Waals surface area contributed by atoms with E-state index in [0.29, 0.717) is 0 Å². The lowest BCUT2D eigenvalue weighted by molar-refractivity contribution is -0.105. The van der Waals surface area contributed by atoms with Gasteiger partial charge in [0.25, 0.3) is 0 Å². The van der Waals surface area contributed by atoms with E-state index in [9.17, 15) is 0 Å². The molecule has 0 radical (unpaired) electrons. The van der Waals surface area contributed by atoms with Crippen LogP contribution in [0.1, 0.15) is 12.8 Å². The third kappa shape index (κ3) is 2.43. The van der Waals surface area contributed by atoms with Crippen LogP contribution in [0, 0.1) is 0 Å². The predicted octanol–water partition coefficient (Wildman–Crippen LogP) is -1.06. The zero-order valence-corrected chi connectivity index (χ0v) is 8.61. The molecule has 14 heavy (non-hydrogen) atoms. The number of morpholine rings is 1. The minimum atomic E-state index is -0.442. The SMILES string of the molecule is NC1(N)CCN(N2CCOCC2)CC1. The van der Waals surface area contributed by atoms with Gasteiger partial charge < -0.3 is 16.2 Å². The van der Waals surface area contributed by atoms with Crippen molar-refractivity contribution in [3.63, 3.8) is 0 Å². The van der Waals surface area contributed by atoms with Crippen LogP contribution in [0.3, 0.4) is 0 Å². The lowest BCUT2D eigenvalue weighted by Crippen LogP contribution is -2.60. The highest BCUT2D eigenvalue weighted by Gasteiger charge is 2.29. The third-order valence-electron chi connectivity index (χ3n) is 3.06. The summed E-state index contributed by atoms with van der Waals surface area (Å²) < 4.78 is 5.31. The molecule has 2 fully saturated rings. The van der Waals surface area contributed by atoms with Crippen molar-refractivity contribution in [1.29, 1.82) is 0 Å². The van der Waals surface area contributed by atoms with Crippen molar-refractivity contribution < 1.29 is 4.74 Å². The Morgan fingerprint density at radius 2 is 1.36 bits per heavy atom. The summed E-state index contributed by atoms with van der Waals surface area (Å²) in [7, 11) is 0. The van der Waals surface area contributed by atoms with Gasteiger partial charge in [0.1, 0.15) is 0 Å². The summed E-state index contributed by atoms with van der Waals surface area (Å²) in [5.74, 6) is 0. The molecule has 0 atom stereocenters. The normalized spacial score (nSPS) is 30.4. The molecule has 0 aromatic rings. The second kappa shape index (κ2) is 4.12. The van der Waals surface area contributed by atoms with Gasteiger partial charge in [-0.2, -0.15) is 0 Å². The number of rotatable bonds is 1. The average molecular weight is 200 g/mol. The van der Waals surface area contributed by atoms with Crippen LogP contribution in [0.25, 0.3) is 0 Å². The molecule has 0 bridgehead atoms. The Bertz CT molecular complexity index is 181. The molecular weight excluding hydrogens is 180 g/mol.